The zero-order valence-electron chi connectivity index (χ0n) is 10.6. The molecular weight excluding hydrogens is 244 g/mol. The van der Waals surface area contributed by atoms with E-state index in [-0.39, 0.29) is 19.4 Å². The van der Waals surface area contributed by atoms with Crippen LogP contribution in [0.4, 0.5) is 0 Å². The van der Waals surface area contributed by atoms with Crippen LogP contribution in [0, 0.1) is 5.92 Å². The van der Waals surface area contributed by atoms with Crippen LogP contribution >= 0.6 is 0 Å². The molecule has 0 saturated heterocycles. The van der Waals surface area contributed by atoms with Gasteiger partial charge in [0.1, 0.15) is 0 Å². The SMILES string of the molecule is CCOC(=O)[C@@H](C(=O)CCC(=O)OC)C(=O)OC. The molecule has 0 heterocycles. The maximum absolute atomic E-state index is 11.7. The highest BCUT2D eigenvalue weighted by Crippen LogP contribution is 2.09. The van der Waals surface area contributed by atoms with Crippen molar-refractivity contribution in [3.63, 3.8) is 0 Å². The van der Waals surface area contributed by atoms with Gasteiger partial charge >= 0.3 is 17.9 Å². The van der Waals surface area contributed by atoms with Crippen molar-refractivity contribution in [3.8, 4) is 0 Å². The van der Waals surface area contributed by atoms with Gasteiger partial charge in [-0.15, -0.1) is 0 Å². The maximum atomic E-state index is 11.7. The summed E-state index contributed by atoms with van der Waals surface area (Å²) >= 11 is 0. The van der Waals surface area contributed by atoms with Crippen LogP contribution in [-0.4, -0.2) is 44.5 Å². The Morgan fingerprint density at radius 3 is 2.00 bits per heavy atom. The zero-order valence-corrected chi connectivity index (χ0v) is 10.6. The third-order valence-electron chi connectivity index (χ3n) is 2.08. The highest BCUT2D eigenvalue weighted by atomic mass is 16.5. The minimum absolute atomic E-state index is 0.0383. The number of esters is 3. The molecule has 0 radical (unpaired) electrons. The monoisotopic (exact) mass is 260 g/mol. The number of rotatable bonds is 7. The van der Waals surface area contributed by atoms with Crippen molar-refractivity contribution in [1.29, 1.82) is 0 Å². The van der Waals surface area contributed by atoms with Gasteiger partial charge in [-0.1, -0.05) is 0 Å². The van der Waals surface area contributed by atoms with E-state index in [4.69, 9.17) is 0 Å². The van der Waals surface area contributed by atoms with Gasteiger partial charge in [0.15, 0.2) is 5.78 Å². The summed E-state index contributed by atoms with van der Waals surface area (Å²) < 4.78 is 13.3. The largest absolute Gasteiger partial charge is 0.469 e. The summed E-state index contributed by atoms with van der Waals surface area (Å²) in [6.07, 6.45) is -0.493. The second-order valence-corrected chi connectivity index (χ2v) is 3.25. The van der Waals surface area contributed by atoms with Gasteiger partial charge in [0, 0.05) is 6.42 Å². The molecule has 7 nitrogen and oxygen atoms in total. The quantitative estimate of drug-likeness (QED) is 0.357. The van der Waals surface area contributed by atoms with Gasteiger partial charge in [-0.2, -0.15) is 0 Å². The van der Waals surface area contributed by atoms with E-state index in [1.807, 2.05) is 0 Å². The van der Waals surface area contributed by atoms with Crippen LogP contribution in [0.15, 0.2) is 0 Å². The molecule has 0 N–H and O–H groups in total. The van der Waals surface area contributed by atoms with E-state index in [0.717, 1.165) is 7.11 Å². The molecule has 0 aliphatic carbocycles. The zero-order chi connectivity index (χ0) is 14.1. The Hall–Kier alpha value is -1.92. The molecule has 18 heavy (non-hydrogen) atoms. The fraction of sp³-hybridized carbons (Fsp3) is 0.636. The highest BCUT2D eigenvalue weighted by Gasteiger charge is 2.36. The molecule has 0 aromatic heterocycles. The van der Waals surface area contributed by atoms with Crippen molar-refractivity contribution < 1.29 is 33.4 Å². The molecule has 0 rings (SSSR count). The molecule has 0 unspecified atom stereocenters. The first kappa shape index (κ1) is 16.1. The Labute approximate surface area is 104 Å². The van der Waals surface area contributed by atoms with E-state index in [1.165, 1.54) is 7.11 Å². The normalized spacial score (nSPS) is 11.3. The van der Waals surface area contributed by atoms with E-state index in [0.29, 0.717) is 0 Å². The van der Waals surface area contributed by atoms with Gasteiger partial charge in [0.2, 0.25) is 5.92 Å². The number of hydrogen-bond acceptors (Lipinski definition) is 7. The predicted octanol–water partition coefficient (Wildman–Crippen LogP) is -0.139. The molecule has 1 atom stereocenters. The van der Waals surface area contributed by atoms with Crippen LogP contribution in [0.5, 0.6) is 0 Å². The summed E-state index contributed by atoms with van der Waals surface area (Å²) in [5.41, 5.74) is 0. The number of ether oxygens (including phenoxy) is 3. The lowest BCUT2D eigenvalue weighted by Crippen LogP contribution is -2.34. The Balaban J connectivity index is 4.65. The Morgan fingerprint density at radius 1 is 0.944 bits per heavy atom. The molecule has 0 fully saturated rings. The first-order valence-electron chi connectivity index (χ1n) is 5.31. The van der Waals surface area contributed by atoms with Gasteiger partial charge in [0.25, 0.3) is 0 Å². The van der Waals surface area contributed by atoms with Crippen LogP contribution < -0.4 is 0 Å². The molecule has 0 aliphatic heterocycles. The standard InChI is InChI=1S/C11H16O7/c1-4-18-11(15)9(10(14)17-3)7(12)5-6-8(13)16-2/h9H,4-6H2,1-3H3/t9-/m0/s1. The lowest BCUT2D eigenvalue weighted by atomic mass is 10.0. The Kier molecular flexibility index (Phi) is 7.34. The second kappa shape index (κ2) is 8.21. The van der Waals surface area contributed by atoms with E-state index < -0.39 is 29.6 Å². The van der Waals surface area contributed by atoms with Gasteiger partial charge in [0.05, 0.1) is 27.2 Å². The van der Waals surface area contributed by atoms with Gasteiger partial charge in [-0.05, 0) is 6.92 Å². The first-order valence-corrected chi connectivity index (χ1v) is 5.31. The van der Waals surface area contributed by atoms with Crippen LogP contribution in [0.25, 0.3) is 0 Å². The van der Waals surface area contributed by atoms with Crippen LogP contribution in [0.2, 0.25) is 0 Å². The number of carbonyl (C=O) groups is 4. The summed E-state index contributed by atoms with van der Waals surface area (Å²) in [4.78, 5) is 45.3. The molecule has 0 spiro atoms. The minimum Gasteiger partial charge on any atom is -0.469 e. The average molecular weight is 260 g/mol. The van der Waals surface area contributed by atoms with Crippen LogP contribution in [0.3, 0.4) is 0 Å². The Morgan fingerprint density at radius 2 is 1.56 bits per heavy atom. The number of ketones is 1. The van der Waals surface area contributed by atoms with Gasteiger partial charge in [-0.3, -0.25) is 19.2 Å². The van der Waals surface area contributed by atoms with Gasteiger partial charge in [-0.25, -0.2) is 0 Å². The number of hydrogen-bond donors (Lipinski definition) is 0. The van der Waals surface area contributed by atoms with E-state index in [1.54, 1.807) is 6.92 Å². The lowest BCUT2D eigenvalue weighted by Gasteiger charge is -2.11. The third-order valence-corrected chi connectivity index (χ3v) is 2.08. The third kappa shape index (κ3) is 4.94. The summed E-state index contributed by atoms with van der Waals surface area (Å²) in [5, 5.41) is 0. The lowest BCUT2D eigenvalue weighted by molar-refractivity contribution is -0.163. The van der Waals surface area contributed by atoms with Gasteiger partial charge < -0.3 is 14.2 Å². The molecule has 0 amide bonds. The minimum atomic E-state index is -1.64. The smallest absolute Gasteiger partial charge is 0.328 e. The van der Waals surface area contributed by atoms with Crippen molar-refractivity contribution in [3.05, 3.63) is 0 Å². The highest BCUT2D eigenvalue weighted by molar-refractivity contribution is 6.15. The topological polar surface area (TPSA) is 96.0 Å². The summed E-state index contributed by atoms with van der Waals surface area (Å²) in [7, 11) is 2.23. The van der Waals surface area contributed by atoms with E-state index >= 15 is 0 Å². The predicted molar refractivity (Wildman–Crippen MR) is 58.4 cm³/mol. The summed E-state index contributed by atoms with van der Waals surface area (Å²) in [6, 6.07) is 0. The number of Topliss-reactive ketones (excluding diaryl/α,β-unsaturated/α-hetero) is 1. The van der Waals surface area contributed by atoms with Crippen molar-refractivity contribution in [2.45, 2.75) is 19.8 Å². The molecule has 0 aliphatic rings. The molecule has 102 valence electrons. The molecule has 7 heteroatoms. The summed E-state index contributed by atoms with van der Waals surface area (Å²) in [6.45, 7) is 1.59. The fourth-order valence-electron chi connectivity index (χ4n) is 1.17. The first-order chi connectivity index (χ1) is 8.47. The molecule has 0 saturated carbocycles. The molecule has 0 bridgehead atoms. The molecule has 0 aromatic rings. The number of carbonyl (C=O) groups excluding carboxylic acids is 4. The van der Waals surface area contributed by atoms with Crippen molar-refractivity contribution in [2.75, 3.05) is 20.8 Å². The Bertz CT molecular complexity index is 334. The number of methoxy groups -OCH3 is 2. The van der Waals surface area contributed by atoms with Crippen LogP contribution in [-0.2, 0) is 33.4 Å². The van der Waals surface area contributed by atoms with Crippen molar-refractivity contribution >= 4 is 23.7 Å². The average Bonchev–Trinajstić information content (AvgIpc) is 2.36. The molecule has 0 aromatic carbocycles. The van der Waals surface area contributed by atoms with Crippen molar-refractivity contribution in [1.82, 2.24) is 0 Å². The maximum Gasteiger partial charge on any atom is 0.328 e. The second-order valence-electron chi connectivity index (χ2n) is 3.25. The van der Waals surface area contributed by atoms with E-state index in [2.05, 4.69) is 14.2 Å². The fourth-order valence-corrected chi connectivity index (χ4v) is 1.17. The molecular formula is C11H16O7. The van der Waals surface area contributed by atoms with Crippen LogP contribution in [0.1, 0.15) is 19.8 Å². The van der Waals surface area contributed by atoms with Crippen molar-refractivity contribution in [2.24, 2.45) is 5.92 Å². The summed E-state index contributed by atoms with van der Waals surface area (Å²) in [5.74, 6) is -4.94. The van der Waals surface area contributed by atoms with E-state index in [9.17, 15) is 19.2 Å².